The lowest BCUT2D eigenvalue weighted by Crippen LogP contribution is -2.41. The summed E-state index contributed by atoms with van der Waals surface area (Å²) in [6.07, 6.45) is 2.81. The van der Waals surface area contributed by atoms with Gasteiger partial charge in [-0.25, -0.2) is 13.6 Å². The second-order valence-corrected chi connectivity index (χ2v) is 6.23. The van der Waals surface area contributed by atoms with Crippen LogP contribution in [0.3, 0.4) is 0 Å². The fourth-order valence-corrected chi connectivity index (χ4v) is 2.57. The Morgan fingerprint density at radius 3 is 2.89 bits per heavy atom. The second kappa shape index (κ2) is 5.32. The second-order valence-electron chi connectivity index (χ2n) is 4.67. The standard InChI is InChI=1S/C11H17N3O4S/c1-7-4-8(2-3-18-7)14-11(15)10-5-9(6-13-10)19(12,16)17/h5-8,13H,2-4H2,1H3,(H,14,15)(H2,12,16,17). The van der Waals surface area contributed by atoms with Gasteiger partial charge in [-0.1, -0.05) is 0 Å². The van der Waals surface area contributed by atoms with E-state index in [9.17, 15) is 13.2 Å². The van der Waals surface area contributed by atoms with Crippen molar-refractivity contribution in [3.63, 3.8) is 0 Å². The lowest BCUT2D eigenvalue weighted by Gasteiger charge is -2.27. The first-order valence-electron chi connectivity index (χ1n) is 6.00. The lowest BCUT2D eigenvalue weighted by molar-refractivity contribution is 0.0136. The molecule has 8 heteroatoms. The number of aromatic amines is 1. The fraction of sp³-hybridized carbons (Fsp3) is 0.545. The number of ether oxygens (including phenoxy) is 1. The van der Waals surface area contributed by atoms with Crippen molar-refractivity contribution >= 4 is 15.9 Å². The van der Waals surface area contributed by atoms with Crippen molar-refractivity contribution in [1.29, 1.82) is 0 Å². The number of carbonyl (C=O) groups is 1. The molecule has 2 atom stereocenters. The van der Waals surface area contributed by atoms with Gasteiger partial charge in [0, 0.05) is 18.8 Å². The number of rotatable bonds is 3. The Labute approximate surface area is 111 Å². The molecule has 1 amide bonds. The third-order valence-corrected chi connectivity index (χ3v) is 3.94. The van der Waals surface area contributed by atoms with Crippen LogP contribution in [0.5, 0.6) is 0 Å². The Kier molecular flexibility index (Phi) is 3.93. The maximum atomic E-state index is 11.9. The van der Waals surface area contributed by atoms with Gasteiger partial charge in [-0.3, -0.25) is 4.79 Å². The number of sulfonamides is 1. The normalized spacial score (nSPS) is 24.1. The van der Waals surface area contributed by atoms with Crippen LogP contribution in [0.15, 0.2) is 17.2 Å². The van der Waals surface area contributed by atoms with Crippen LogP contribution in [-0.4, -0.2) is 38.1 Å². The molecule has 0 aromatic carbocycles. The van der Waals surface area contributed by atoms with Crippen LogP contribution in [0, 0.1) is 0 Å². The highest BCUT2D eigenvalue weighted by atomic mass is 32.2. The molecule has 2 rings (SSSR count). The van der Waals surface area contributed by atoms with Gasteiger partial charge in [-0.05, 0) is 25.8 Å². The summed E-state index contributed by atoms with van der Waals surface area (Å²) >= 11 is 0. The van der Waals surface area contributed by atoms with Crippen LogP contribution in [-0.2, 0) is 14.8 Å². The summed E-state index contributed by atoms with van der Waals surface area (Å²) in [6.45, 7) is 2.56. The zero-order valence-corrected chi connectivity index (χ0v) is 11.4. The maximum absolute atomic E-state index is 11.9. The van der Waals surface area contributed by atoms with Crippen LogP contribution in [0.2, 0.25) is 0 Å². The first-order valence-corrected chi connectivity index (χ1v) is 7.54. The van der Waals surface area contributed by atoms with Crippen molar-refractivity contribution in [3.05, 3.63) is 18.0 Å². The number of H-pyrrole nitrogens is 1. The Bertz CT molecular complexity index is 566. The summed E-state index contributed by atoms with van der Waals surface area (Å²) in [5.74, 6) is -0.339. The Balaban J connectivity index is 2.02. The molecule has 1 fully saturated rings. The molecule has 0 radical (unpaired) electrons. The molecule has 19 heavy (non-hydrogen) atoms. The van der Waals surface area contributed by atoms with Crippen molar-refractivity contribution in [1.82, 2.24) is 10.3 Å². The zero-order chi connectivity index (χ0) is 14.0. The molecule has 0 spiro atoms. The highest BCUT2D eigenvalue weighted by Gasteiger charge is 2.22. The van der Waals surface area contributed by atoms with Gasteiger partial charge in [-0.15, -0.1) is 0 Å². The number of primary sulfonamides is 1. The molecule has 106 valence electrons. The van der Waals surface area contributed by atoms with E-state index < -0.39 is 10.0 Å². The number of hydrogen-bond acceptors (Lipinski definition) is 4. The van der Waals surface area contributed by atoms with E-state index in [0.29, 0.717) is 6.61 Å². The minimum absolute atomic E-state index is 0.0393. The summed E-state index contributed by atoms with van der Waals surface area (Å²) in [7, 11) is -3.79. The molecule has 1 aromatic rings. The van der Waals surface area contributed by atoms with E-state index >= 15 is 0 Å². The SMILES string of the molecule is CC1CC(NC(=O)c2cc(S(N)(=O)=O)c[nH]2)CCO1. The smallest absolute Gasteiger partial charge is 0.267 e. The third-order valence-electron chi connectivity index (χ3n) is 3.05. The fourth-order valence-electron chi connectivity index (χ4n) is 2.06. The van der Waals surface area contributed by atoms with Gasteiger partial charge in [-0.2, -0.15) is 0 Å². The number of nitrogens with two attached hydrogens (primary N) is 1. The first-order chi connectivity index (χ1) is 8.86. The molecule has 1 aromatic heterocycles. The molecule has 1 saturated heterocycles. The number of amides is 1. The quantitative estimate of drug-likeness (QED) is 0.723. The summed E-state index contributed by atoms with van der Waals surface area (Å²) in [6, 6.07) is 1.27. The predicted molar refractivity (Wildman–Crippen MR) is 68.1 cm³/mol. The van der Waals surface area contributed by atoms with Crippen LogP contribution in [0.25, 0.3) is 0 Å². The largest absolute Gasteiger partial charge is 0.378 e. The third kappa shape index (κ3) is 3.55. The van der Waals surface area contributed by atoms with E-state index in [4.69, 9.17) is 9.88 Å². The Hall–Kier alpha value is -1.38. The van der Waals surface area contributed by atoms with E-state index in [-0.39, 0.29) is 28.6 Å². The van der Waals surface area contributed by atoms with Crippen molar-refractivity contribution in [2.24, 2.45) is 5.14 Å². The molecule has 0 bridgehead atoms. The molecule has 0 aliphatic carbocycles. The molecule has 2 unspecified atom stereocenters. The molecule has 4 N–H and O–H groups in total. The minimum Gasteiger partial charge on any atom is -0.378 e. The highest BCUT2D eigenvalue weighted by Crippen LogP contribution is 2.14. The van der Waals surface area contributed by atoms with Crippen LogP contribution in [0.1, 0.15) is 30.3 Å². The van der Waals surface area contributed by atoms with Gasteiger partial charge >= 0.3 is 0 Å². The van der Waals surface area contributed by atoms with Crippen molar-refractivity contribution in [3.8, 4) is 0 Å². The van der Waals surface area contributed by atoms with E-state index in [1.165, 1.54) is 12.3 Å². The summed E-state index contributed by atoms with van der Waals surface area (Å²) < 4.78 is 27.6. The number of aromatic nitrogens is 1. The molecule has 1 aliphatic rings. The predicted octanol–water partition coefficient (Wildman–Crippen LogP) is -0.0406. The number of hydrogen-bond donors (Lipinski definition) is 3. The van der Waals surface area contributed by atoms with Crippen LogP contribution < -0.4 is 10.5 Å². The van der Waals surface area contributed by atoms with E-state index in [1.54, 1.807) is 0 Å². The van der Waals surface area contributed by atoms with Crippen LogP contribution >= 0.6 is 0 Å². The van der Waals surface area contributed by atoms with E-state index in [2.05, 4.69) is 10.3 Å². The summed E-state index contributed by atoms with van der Waals surface area (Å²) in [4.78, 5) is 14.5. The van der Waals surface area contributed by atoms with Crippen molar-refractivity contribution < 1.29 is 17.9 Å². The van der Waals surface area contributed by atoms with Gasteiger partial charge in [0.25, 0.3) is 5.91 Å². The molecular formula is C11H17N3O4S. The topological polar surface area (TPSA) is 114 Å². The Morgan fingerprint density at radius 1 is 1.58 bits per heavy atom. The molecule has 0 saturated carbocycles. The van der Waals surface area contributed by atoms with Crippen molar-refractivity contribution in [2.45, 2.75) is 36.8 Å². The molecule has 2 heterocycles. The minimum atomic E-state index is -3.79. The average molecular weight is 287 g/mol. The molecular weight excluding hydrogens is 270 g/mol. The summed E-state index contributed by atoms with van der Waals surface area (Å²) in [5.41, 5.74) is 0.183. The van der Waals surface area contributed by atoms with Gasteiger partial charge in [0.1, 0.15) is 5.69 Å². The zero-order valence-electron chi connectivity index (χ0n) is 10.5. The van der Waals surface area contributed by atoms with Gasteiger partial charge in [0.15, 0.2) is 0 Å². The summed E-state index contributed by atoms with van der Waals surface area (Å²) in [5, 5.41) is 7.82. The van der Waals surface area contributed by atoms with E-state index in [0.717, 1.165) is 12.8 Å². The monoisotopic (exact) mass is 287 g/mol. The lowest BCUT2D eigenvalue weighted by atomic mass is 10.0. The van der Waals surface area contributed by atoms with Gasteiger partial charge < -0.3 is 15.0 Å². The van der Waals surface area contributed by atoms with Crippen LogP contribution in [0.4, 0.5) is 0 Å². The van der Waals surface area contributed by atoms with Gasteiger partial charge in [0.05, 0.1) is 11.0 Å². The highest BCUT2D eigenvalue weighted by molar-refractivity contribution is 7.89. The first kappa shape index (κ1) is 14.0. The maximum Gasteiger partial charge on any atom is 0.267 e. The molecule has 7 nitrogen and oxygen atoms in total. The van der Waals surface area contributed by atoms with Gasteiger partial charge in [0.2, 0.25) is 10.0 Å². The number of nitrogens with one attached hydrogen (secondary N) is 2. The Morgan fingerprint density at radius 2 is 2.32 bits per heavy atom. The average Bonchev–Trinajstić information content (AvgIpc) is 2.77. The van der Waals surface area contributed by atoms with Crippen molar-refractivity contribution in [2.75, 3.05) is 6.61 Å². The molecule has 1 aliphatic heterocycles. The van der Waals surface area contributed by atoms with E-state index in [1.807, 2.05) is 6.92 Å². The number of carbonyl (C=O) groups excluding carboxylic acids is 1.